The van der Waals surface area contributed by atoms with E-state index in [9.17, 15) is 0 Å². The fourth-order valence-corrected chi connectivity index (χ4v) is 3.54. The summed E-state index contributed by atoms with van der Waals surface area (Å²) in [6.07, 6.45) is 0. The van der Waals surface area contributed by atoms with E-state index < -0.39 is 0 Å². The lowest BCUT2D eigenvalue weighted by atomic mass is 9.98. The number of aryl methyl sites for hydroxylation is 1. The maximum Gasteiger partial charge on any atom is 0.118 e. The summed E-state index contributed by atoms with van der Waals surface area (Å²) >= 11 is 0. The second-order valence-electron chi connectivity index (χ2n) is 7.33. The smallest absolute Gasteiger partial charge is 0.118 e. The number of aromatic nitrogens is 3. The Labute approximate surface area is 161 Å². The van der Waals surface area contributed by atoms with Crippen LogP contribution in [0.5, 0.6) is 5.75 Å². The Morgan fingerprint density at radius 2 is 2.00 bits per heavy atom. The Kier molecular flexibility index (Phi) is 6.82. The fraction of sp³-hybridized carbons (Fsp3) is 0.600. The van der Waals surface area contributed by atoms with E-state index in [1.165, 1.54) is 11.3 Å². The molecule has 0 radical (unpaired) electrons. The zero-order valence-electron chi connectivity index (χ0n) is 16.9. The van der Waals surface area contributed by atoms with Gasteiger partial charge in [0.15, 0.2) is 0 Å². The largest absolute Gasteiger partial charge is 0.497 e. The number of hydrogen-bond acceptors (Lipinski definition) is 6. The number of hydrogen-bond donors (Lipinski definition) is 0. The molecule has 7 heteroatoms. The zero-order chi connectivity index (χ0) is 19.2. The van der Waals surface area contributed by atoms with Gasteiger partial charge in [0, 0.05) is 38.6 Å². The molecule has 148 valence electrons. The third-order valence-electron chi connectivity index (χ3n) is 4.95. The van der Waals surface area contributed by atoms with E-state index >= 15 is 0 Å². The zero-order valence-corrected chi connectivity index (χ0v) is 16.9. The van der Waals surface area contributed by atoms with Crippen molar-refractivity contribution in [3.8, 4) is 5.75 Å². The van der Waals surface area contributed by atoms with Crippen LogP contribution in [0.25, 0.3) is 0 Å². The van der Waals surface area contributed by atoms with Crippen molar-refractivity contribution in [3.05, 3.63) is 41.2 Å². The first kappa shape index (κ1) is 19.8. The van der Waals surface area contributed by atoms with Crippen molar-refractivity contribution >= 4 is 0 Å². The number of ether oxygens (including phenoxy) is 2. The topological polar surface area (TPSA) is 55.7 Å². The quantitative estimate of drug-likeness (QED) is 0.627. The van der Waals surface area contributed by atoms with Crippen LogP contribution in [0.15, 0.2) is 24.3 Å². The second kappa shape index (κ2) is 9.30. The van der Waals surface area contributed by atoms with Gasteiger partial charge in [-0.15, -0.1) is 5.10 Å². The lowest BCUT2D eigenvalue weighted by Crippen LogP contribution is -2.36. The molecule has 1 unspecified atom stereocenters. The van der Waals surface area contributed by atoms with Crippen molar-refractivity contribution in [2.75, 3.05) is 47.5 Å². The third-order valence-corrected chi connectivity index (χ3v) is 4.95. The van der Waals surface area contributed by atoms with Crippen LogP contribution in [-0.4, -0.2) is 72.3 Å². The number of rotatable bonds is 9. The summed E-state index contributed by atoms with van der Waals surface area (Å²) in [4.78, 5) is 4.57. The Balaban J connectivity index is 1.68. The van der Waals surface area contributed by atoms with E-state index in [1.54, 1.807) is 7.11 Å². The van der Waals surface area contributed by atoms with Gasteiger partial charge in [0.25, 0.3) is 0 Å². The number of fused-ring (bicyclic) bond motifs is 1. The summed E-state index contributed by atoms with van der Waals surface area (Å²) in [6.45, 7) is 8.00. The molecule has 0 aliphatic carbocycles. The Bertz CT molecular complexity index is 714. The Morgan fingerprint density at radius 1 is 1.22 bits per heavy atom. The molecule has 27 heavy (non-hydrogen) atoms. The molecule has 0 saturated heterocycles. The predicted octanol–water partition coefficient (Wildman–Crippen LogP) is 1.98. The van der Waals surface area contributed by atoms with Gasteiger partial charge < -0.3 is 14.4 Å². The molecule has 1 aromatic heterocycles. The summed E-state index contributed by atoms with van der Waals surface area (Å²) in [6, 6.07) is 8.28. The highest BCUT2D eigenvalue weighted by Crippen LogP contribution is 2.28. The van der Waals surface area contributed by atoms with Crippen LogP contribution in [0.3, 0.4) is 0 Å². The van der Waals surface area contributed by atoms with Crippen molar-refractivity contribution in [1.29, 1.82) is 0 Å². The molecule has 1 atom stereocenters. The normalized spacial score (nSPS) is 17.3. The lowest BCUT2D eigenvalue weighted by Gasteiger charge is -2.32. The molecule has 2 aromatic rings. The van der Waals surface area contributed by atoms with Crippen LogP contribution in [0.4, 0.5) is 0 Å². The van der Waals surface area contributed by atoms with Crippen molar-refractivity contribution in [2.45, 2.75) is 32.5 Å². The summed E-state index contributed by atoms with van der Waals surface area (Å²) in [5.74, 6) is 1.18. The SMILES string of the molecule is CCn1nnc2c1C(COCCN(C)C)CN(Cc1ccc(OC)cc1)C2. The highest BCUT2D eigenvalue weighted by molar-refractivity contribution is 5.27. The van der Waals surface area contributed by atoms with E-state index in [2.05, 4.69) is 53.3 Å². The lowest BCUT2D eigenvalue weighted by molar-refractivity contribution is 0.0832. The van der Waals surface area contributed by atoms with Gasteiger partial charge in [-0.3, -0.25) is 4.90 Å². The van der Waals surface area contributed by atoms with Gasteiger partial charge in [-0.05, 0) is 38.7 Å². The van der Waals surface area contributed by atoms with Crippen molar-refractivity contribution in [2.24, 2.45) is 0 Å². The van der Waals surface area contributed by atoms with Crippen LogP contribution in [0.2, 0.25) is 0 Å². The molecule has 0 N–H and O–H groups in total. The van der Waals surface area contributed by atoms with Crippen LogP contribution in [0.1, 0.15) is 29.8 Å². The molecule has 0 saturated carbocycles. The van der Waals surface area contributed by atoms with Crippen molar-refractivity contribution < 1.29 is 9.47 Å². The van der Waals surface area contributed by atoms with Gasteiger partial charge in [-0.2, -0.15) is 0 Å². The standard InChI is InChI=1S/C20H31N5O2/c1-5-25-20-17(15-27-11-10-23(2)3)13-24(14-19(20)21-22-25)12-16-6-8-18(26-4)9-7-16/h6-9,17H,5,10-15H2,1-4H3. The molecule has 7 nitrogen and oxygen atoms in total. The van der Waals surface area contributed by atoms with Crippen LogP contribution in [-0.2, 0) is 24.4 Å². The minimum absolute atomic E-state index is 0.295. The first-order valence-corrected chi connectivity index (χ1v) is 9.60. The van der Waals surface area contributed by atoms with Gasteiger partial charge in [0.05, 0.1) is 26.0 Å². The predicted molar refractivity (Wildman–Crippen MR) is 105 cm³/mol. The molecule has 0 fully saturated rings. The average molecular weight is 374 g/mol. The van der Waals surface area contributed by atoms with Gasteiger partial charge in [0.1, 0.15) is 11.4 Å². The summed E-state index contributed by atoms with van der Waals surface area (Å²) < 4.78 is 13.3. The van der Waals surface area contributed by atoms with Gasteiger partial charge >= 0.3 is 0 Å². The maximum absolute atomic E-state index is 5.98. The number of nitrogens with zero attached hydrogens (tertiary/aromatic N) is 5. The summed E-state index contributed by atoms with van der Waals surface area (Å²) in [7, 11) is 5.82. The second-order valence-corrected chi connectivity index (χ2v) is 7.33. The van der Waals surface area contributed by atoms with Gasteiger partial charge in [-0.25, -0.2) is 4.68 Å². The molecule has 0 amide bonds. The highest BCUT2D eigenvalue weighted by atomic mass is 16.5. The van der Waals surface area contributed by atoms with Crippen LogP contribution < -0.4 is 4.74 Å². The number of likely N-dealkylation sites (N-methyl/N-ethyl adjacent to an activating group) is 1. The molecule has 1 aliphatic heterocycles. The van der Waals surface area contributed by atoms with Gasteiger partial charge in [0.2, 0.25) is 0 Å². The summed E-state index contributed by atoms with van der Waals surface area (Å²) in [5, 5.41) is 8.79. The molecule has 3 rings (SSSR count). The monoisotopic (exact) mass is 373 g/mol. The third kappa shape index (κ3) is 5.06. The maximum atomic E-state index is 5.98. The minimum Gasteiger partial charge on any atom is -0.497 e. The van der Waals surface area contributed by atoms with E-state index in [4.69, 9.17) is 9.47 Å². The van der Waals surface area contributed by atoms with E-state index in [-0.39, 0.29) is 0 Å². The molecule has 1 aliphatic rings. The molecule has 0 bridgehead atoms. The van der Waals surface area contributed by atoms with Gasteiger partial charge in [-0.1, -0.05) is 17.3 Å². The molecule has 2 heterocycles. The van der Waals surface area contributed by atoms with E-state index in [1.807, 2.05) is 16.8 Å². The Hall–Kier alpha value is -1.96. The molecular weight excluding hydrogens is 342 g/mol. The highest BCUT2D eigenvalue weighted by Gasteiger charge is 2.30. The fourth-order valence-electron chi connectivity index (χ4n) is 3.54. The molecular formula is C20H31N5O2. The number of methoxy groups -OCH3 is 1. The summed E-state index contributed by atoms with van der Waals surface area (Å²) in [5.41, 5.74) is 3.60. The Morgan fingerprint density at radius 3 is 2.67 bits per heavy atom. The minimum atomic E-state index is 0.295. The average Bonchev–Trinajstić information content (AvgIpc) is 3.09. The van der Waals surface area contributed by atoms with Crippen molar-refractivity contribution in [3.63, 3.8) is 0 Å². The van der Waals surface area contributed by atoms with Crippen molar-refractivity contribution in [1.82, 2.24) is 24.8 Å². The first-order chi connectivity index (χ1) is 13.1. The molecule has 1 aromatic carbocycles. The van der Waals surface area contributed by atoms with E-state index in [0.29, 0.717) is 12.5 Å². The molecule has 0 spiro atoms. The van der Waals surface area contributed by atoms with Crippen LogP contribution in [0, 0.1) is 0 Å². The first-order valence-electron chi connectivity index (χ1n) is 9.60. The van der Waals surface area contributed by atoms with E-state index in [0.717, 1.165) is 50.8 Å². The van der Waals surface area contributed by atoms with Crippen LogP contribution >= 0.6 is 0 Å². The number of benzene rings is 1.